The van der Waals surface area contributed by atoms with Crippen LogP contribution in [0.15, 0.2) is 0 Å². The summed E-state index contributed by atoms with van der Waals surface area (Å²) in [4.78, 5) is 25.1. The number of hydrogen-bond acceptors (Lipinski definition) is 4. The van der Waals surface area contributed by atoms with Crippen molar-refractivity contribution in [1.29, 1.82) is 0 Å². The van der Waals surface area contributed by atoms with Gasteiger partial charge in [-0.25, -0.2) is 0 Å². The van der Waals surface area contributed by atoms with Gasteiger partial charge in [-0.15, -0.1) is 0 Å². The average molecular weight is 399 g/mol. The van der Waals surface area contributed by atoms with Crippen LogP contribution in [0.2, 0.25) is 0 Å². The molecule has 0 radical (unpaired) electrons. The zero-order valence-corrected chi connectivity index (χ0v) is 17.4. The highest BCUT2D eigenvalue weighted by molar-refractivity contribution is 7.81. The van der Waals surface area contributed by atoms with Gasteiger partial charge in [-0.05, 0) is 77.0 Å². The Kier molecular flexibility index (Phi) is 7.62. The van der Waals surface area contributed by atoms with Crippen molar-refractivity contribution in [2.75, 3.05) is 0 Å². The van der Waals surface area contributed by atoms with Gasteiger partial charge in [-0.3, -0.25) is 9.59 Å². The van der Waals surface area contributed by atoms with E-state index in [0.717, 1.165) is 77.0 Å². The lowest BCUT2D eigenvalue weighted by molar-refractivity contribution is -0.131. The summed E-state index contributed by atoms with van der Waals surface area (Å²) in [5.74, 6) is 0.594. The number of carbonyl (C=O) groups is 2. The Labute approximate surface area is 168 Å². The van der Waals surface area contributed by atoms with E-state index in [4.69, 9.17) is 0 Å². The summed E-state index contributed by atoms with van der Waals surface area (Å²) in [5.41, 5.74) is 0. The van der Waals surface area contributed by atoms with Crippen molar-refractivity contribution in [2.24, 2.45) is 11.8 Å². The van der Waals surface area contributed by atoms with Crippen LogP contribution in [0.3, 0.4) is 0 Å². The minimum Gasteiger partial charge on any atom is -0.353 e. The van der Waals surface area contributed by atoms with Crippen molar-refractivity contribution in [2.45, 2.75) is 99.6 Å². The molecule has 4 nitrogen and oxygen atoms in total. The van der Waals surface area contributed by atoms with Gasteiger partial charge >= 0.3 is 0 Å². The van der Waals surface area contributed by atoms with E-state index in [0.29, 0.717) is 22.6 Å². The summed E-state index contributed by atoms with van der Waals surface area (Å²) in [6.45, 7) is 0. The average Bonchev–Trinajstić information content (AvgIpc) is 2.65. The molecule has 0 spiro atoms. The van der Waals surface area contributed by atoms with Crippen LogP contribution in [0.5, 0.6) is 0 Å². The van der Waals surface area contributed by atoms with Crippen LogP contribution in [0.4, 0.5) is 0 Å². The Morgan fingerprint density at radius 2 is 0.846 bits per heavy atom. The third-order valence-corrected chi connectivity index (χ3v) is 7.59. The highest BCUT2D eigenvalue weighted by Crippen LogP contribution is 2.31. The Morgan fingerprint density at radius 3 is 1.15 bits per heavy atom. The fourth-order valence-electron chi connectivity index (χ4n) is 4.70. The summed E-state index contributed by atoms with van der Waals surface area (Å²) in [6, 6.07) is 0.655. The maximum Gasteiger partial charge on any atom is 0.223 e. The SMILES string of the molecule is O=C(NC1CCC(S)CC1)C1CCC(C(=O)NC2CCC(S)CC2)CC1. The first-order valence-corrected chi connectivity index (χ1v) is 11.5. The van der Waals surface area contributed by atoms with Crippen LogP contribution in [0.1, 0.15) is 77.0 Å². The van der Waals surface area contributed by atoms with Crippen LogP contribution in [-0.4, -0.2) is 34.4 Å². The summed E-state index contributed by atoms with van der Waals surface area (Å²) < 4.78 is 0. The van der Waals surface area contributed by atoms with Gasteiger partial charge in [0.1, 0.15) is 0 Å². The van der Waals surface area contributed by atoms with Gasteiger partial charge < -0.3 is 10.6 Å². The Morgan fingerprint density at radius 1 is 0.538 bits per heavy atom. The molecule has 26 heavy (non-hydrogen) atoms. The summed E-state index contributed by atoms with van der Waals surface area (Å²) in [5, 5.41) is 7.48. The smallest absolute Gasteiger partial charge is 0.223 e. The highest BCUT2D eigenvalue weighted by atomic mass is 32.1. The summed E-state index contributed by atoms with van der Waals surface area (Å²) in [7, 11) is 0. The molecule has 0 aromatic heterocycles. The molecule has 0 bridgehead atoms. The number of rotatable bonds is 4. The maximum absolute atomic E-state index is 12.5. The lowest BCUT2D eigenvalue weighted by Gasteiger charge is -2.32. The van der Waals surface area contributed by atoms with Crippen LogP contribution >= 0.6 is 25.3 Å². The van der Waals surface area contributed by atoms with Crippen molar-refractivity contribution in [3.63, 3.8) is 0 Å². The molecule has 0 atom stereocenters. The van der Waals surface area contributed by atoms with E-state index in [1.807, 2.05) is 0 Å². The summed E-state index contributed by atoms with van der Waals surface area (Å²) in [6.07, 6.45) is 11.9. The molecule has 3 aliphatic carbocycles. The molecule has 0 unspecified atom stereocenters. The van der Waals surface area contributed by atoms with E-state index in [9.17, 15) is 9.59 Å². The van der Waals surface area contributed by atoms with Crippen molar-refractivity contribution in [3.8, 4) is 0 Å². The first kappa shape index (κ1) is 20.4. The van der Waals surface area contributed by atoms with Crippen LogP contribution in [0, 0.1) is 11.8 Å². The molecular weight excluding hydrogens is 364 g/mol. The maximum atomic E-state index is 12.5. The molecular formula is C20H34N2O2S2. The monoisotopic (exact) mass is 398 g/mol. The second-order valence-corrected chi connectivity index (χ2v) is 10.0. The molecule has 0 aliphatic heterocycles. The molecule has 0 aromatic carbocycles. The number of amides is 2. The van der Waals surface area contributed by atoms with Crippen LogP contribution in [0.25, 0.3) is 0 Å². The number of carbonyl (C=O) groups excluding carboxylic acids is 2. The fraction of sp³-hybridized carbons (Fsp3) is 0.900. The molecule has 0 aromatic rings. The molecule has 2 N–H and O–H groups in total. The van der Waals surface area contributed by atoms with E-state index < -0.39 is 0 Å². The Balaban J connectivity index is 1.36. The molecule has 2 amide bonds. The number of hydrogen-bond donors (Lipinski definition) is 4. The lowest BCUT2D eigenvalue weighted by atomic mass is 9.80. The Bertz CT molecular complexity index is 434. The van der Waals surface area contributed by atoms with Gasteiger partial charge in [0, 0.05) is 34.4 Å². The van der Waals surface area contributed by atoms with Crippen LogP contribution in [-0.2, 0) is 9.59 Å². The van der Waals surface area contributed by atoms with Gasteiger partial charge in [0.2, 0.25) is 11.8 Å². The number of thiol groups is 2. The van der Waals surface area contributed by atoms with E-state index in [-0.39, 0.29) is 23.7 Å². The van der Waals surface area contributed by atoms with Crippen molar-refractivity contribution in [3.05, 3.63) is 0 Å². The first-order valence-electron chi connectivity index (χ1n) is 10.5. The van der Waals surface area contributed by atoms with Gasteiger partial charge in [-0.2, -0.15) is 25.3 Å². The molecule has 3 rings (SSSR count). The molecule has 3 fully saturated rings. The van der Waals surface area contributed by atoms with Gasteiger partial charge in [-0.1, -0.05) is 0 Å². The van der Waals surface area contributed by atoms with Crippen LogP contribution < -0.4 is 10.6 Å². The van der Waals surface area contributed by atoms with E-state index in [1.165, 1.54) is 0 Å². The van der Waals surface area contributed by atoms with Crippen molar-refractivity contribution >= 4 is 37.1 Å². The number of nitrogens with one attached hydrogen (secondary N) is 2. The van der Waals surface area contributed by atoms with Crippen molar-refractivity contribution in [1.82, 2.24) is 10.6 Å². The quantitative estimate of drug-likeness (QED) is 0.548. The zero-order valence-electron chi connectivity index (χ0n) is 15.7. The van der Waals surface area contributed by atoms with Gasteiger partial charge in [0.25, 0.3) is 0 Å². The largest absolute Gasteiger partial charge is 0.353 e. The van der Waals surface area contributed by atoms with E-state index >= 15 is 0 Å². The molecule has 0 saturated heterocycles. The summed E-state index contributed by atoms with van der Waals surface area (Å²) >= 11 is 9.04. The minimum atomic E-state index is 0.0902. The molecule has 3 saturated carbocycles. The second-order valence-electron chi connectivity index (χ2n) is 8.58. The van der Waals surface area contributed by atoms with Crippen molar-refractivity contribution < 1.29 is 9.59 Å². The molecule has 148 valence electrons. The fourth-order valence-corrected chi connectivity index (χ4v) is 5.29. The lowest BCUT2D eigenvalue weighted by Crippen LogP contribution is -2.44. The topological polar surface area (TPSA) is 58.2 Å². The third-order valence-electron chi connectivity index (χ3n) is 6.55. The first-order chi connectivity index (χ1) is 12.5. The standard InChI is InChI=1S/C20H34N2O2S2/c23-19(21-15-5-9-17(25)10-6-15)13-1-2-14(4-3-13)20(24)22-16-7-11-18(26)12-8-16/h13-18,25-26H,1-12H2,(H,21,23)(H,22,24). The molecule has 3 aliphatic rings. The van der Waals surface area contributed by atoms with E-state index in [2.05, 4.69) is 35.9 Å². The van der Waals surface area contributed by atoms with E-state index in [1.54, 1.807) is 0 Å². The molecule has 0 heterocycles. The second kappa shape index (κ2) is 9.72. The minimum absolute atomic E-state index is 0.0902. The highest BCUT2D eigenvalue weighted by Gasteiger charge is 2.32. The zero-order chi connectivity index (χ0) is 18.5. The predicted octanol–water partition coefficient (Wildman–Crippen LogP) is 3.51. The normalized spacial score (nSPS) is 38.4. The Hall–Kier alpha value is -0.360. The van der Waals surface area contributed by atoms with Gasteiger partial charge in [0.05, 0.1) is 0 Å². The van der Waals surface area contributed by atoms with Gasteiger partial charge in [0.15, 0.2) is 0 Å². The third kappa shape index (κ3) is 5.82. The predicted molar refractivity (Wildman–Crippen MR) is 112 cm³/mol. The molecule has 6 heteroatoms.